The maximum Gasteiger partial charge on any atom is 0.261 e. The Hall–Kier alpha value is -2.01. The Morgan fingerprint density at radius 3 is 2.32 bits per heavy atom. The lowest BCUT2D eigenvalue weighted by molar-refractivity contribution is 0.475. The molecule has 0 fully saturated rings. The SMILES string of the molecule is CCc1ccccc1NS(=O)(=O)c1ccc(O)cc1. The highest BCUT2D eigenvalue weighted by Gasteiger charge is 2.15. The molecular formula is C14H15NO3S. The molecule has 0 aliphatic rings. The van der Waals surface area contributed by atoms with E-state index in [1.807, 2.05) is 19.1 Å². The number of nitrogens with one attached hydrogen (secondary N) is 1. The van der Waals surface area contributed by atoms with Crippen LogP contribution in [0.1, 0.15) is 12.5 Å². The van der Waals surface area contributed by atoms with Crippen molar-refractivity contribution in [3.05, 3.63) is 54.1 Å². The quantitative estimate of drug-likeness (QED) is 0.903. The number of phenols is 1. The lowest BCUT2D eigenvalue weighted by atomic mass is 10.1. The summed E-state index contributed by atoms with van der Waals surface area (Å²) < 4.78 is 26.9. The van der Waals surface area contributed by atoms with Crippen LogP contribution >= 0.6 is 0 Å². The average molecular weight is 277 g/mol. The van der Waals surface area contributed by atoms with Crippen molar-refractivity contribution in [2.75, 3.05) is 4.72 Å². The van der Waals surface area contributed by atoms with Gasteiger partial charge in [-0.15, -0.1) is 0 Å². The van der Waals surface area contributed by atoms with E-state index in [0.717, 1.165) is 12.0 Å². The summed E-state index contributed by atoms with van der Waals surface area (Å²) in [6, 6.07) is 12.7. The normalized spacial score (nSPS) is 11.2. The second-order valence-electron chi connectivity index (χ2n) is 4.11. The third-order valence-electron chi connectivity index (χ3n) is 2.79. The fourth-order valence-corrected chi connectivity index (χ4v) is 2.86. The van der Waals surface area contributed by atoms with Gasteiger partial charge in [0.2, 0.25) is 0 Å². The third-order valence-corrected chi connectivity index (χ3v) is 4.17. The van der Waals surface area contributed by atoms with Gasteiger partial charge in [-0.3, -0.25) is 4.72 Å². The summed E-state index contributed by atoms with van der Waals surface area (Å²) in [5.41, 5.74) is 1.52. The Kier molecular flexibility index (Phi) is 3.76. The highest BCUT2D eigenvalue weighted by atomic mass is 32.2. The van der Waals surface area contributed by atoms with E-state index in [0.29, 0.717) is 5.69 Å². The van der Waals surface area contributed by atoms with E-state index >= 15 is 0 Å². The van der Waals surface area contributed by atoms with Gasteiger partial charge in [-0.2, -0.15) is 0 Å². The summed E-state index contributed by atoms with van der Waals surface area (Å²) in [7, 11) is -3.62. The van der Waals surface area contributed by atoms with Crippen molar-refractivity contribution >= 4 is 15.7 Å². The molecule has 0 atom stereocenters. The van der Waals surface area contributed by atoms with Crippen molar-refractivity contribution in [1.29, 1.82) is 0 Å². The number of hydrogen-bond acceptors (Lipinski definition) is 3. The molecule has 0 saturated heterocycles. The van der Waals surface area contributed by atoms with Crippen LogP contribution in [0.2, 0.25) is 0 Å². The molecule has 19 heavy (non-hydrogen) atoms. The van der Waals surface area contributed by atoms with Crippen molar-refractivity contribution in [3.8, 4) is 5.75 Å². The summed E-state index contributed by atoms with van der Waals surface area (Å²) >= 11 is 0. The highest BCUT2D eigenvalue weighted by molar-refractivity contribution is 7.92. The number of aromatic hydroxyl groups is 1. The minimum Gasteiger partial charge on any atom is -0.508 e. The van der Waals surface area contributed by atoms with Crippen LogP contribution in [0.3, 0.4) is 0 Å². The van der Waals surface area contributed by atoms with Gasteiger partial charge in [0.05, 0.1) is 10.6 Å². The first-order valence-corrected chi connectivity index (χ1v) is 7.41. The van der Waals surface area contributed by atoms with E-state index < -0.39 is 10.0 Å². The van der Waals surface area contributed by atoms with Gasteiger partial charge < -0.3 is 5.11 Å². The Bertz CT molecular complexity index is 663. The molecule has 2 rings (SSSR count). The predicted octanol–water partition coefficient (Wildman–Crippen LogP) is 2.76. The van der Waals surface area contributed by atoms with Gasteiger partial charge in [-0.05, 0) is 42.3 Å². The van der Waals surface area contributed by atoms with Crippen LogP contribution < -0.4 is 4.72 Å². The monoisotopic (exact) mass is 277 g/mol. The third kappa shape index (κ3) is 3.06. The van der Waals surface area contributed by atoms with Crippen LogP contribution in [0.5, 0.6) is 5.75 Å². The van der Waals surface area contributed by atoms with Gasteiger partial charge in [0.1, 0.15) is 5.75 Å². The van der Waals surface area contributed by atoms with Crippen molar-refractivity contribution in [2.45, 2.75) is 18.2 Å². The Morgan fingerprint density at radius 1 is 1.05 bits per heavy atom. The zero-order valence-corrected chi connectivity index (χ0v) is 11.3. The first kappa shape index (κ1) is 13.4. The van der Waals surface area contributed by atoms with E-state index in [4.69, 9.17) is 0 Å². The summed E-state index contributed by atoms with van der Waals surface area (Å²) in [6.07, 6.45) is 0.744. The summed E-state index contributed by atoms with van der Waals surface area (Å²) in [5.74, 6) is 0.0351. The van der Waals surface area contributed by atoms with Gasteiger partial charge in [-0.1, -0.05) is 25.1 Å². The highest BCUT2D eigenvalue weighted by Crippen LogP contribution is 2.21. The average Bonchev–Trinajstić information content (AvgIpc) is 2.39. The van der Waals surface area contributed by atoms with Gasteiger partial charge >= 0.3 is 0 Å². The fourth-order valence-electron chi connectivity index (χ4n) is 1.76. The van der Waals surface area contributed by atoms with E-state index in [1.54, 1.807) is 12.1 Å². The molecule has 2 N–H and O–H groups in total. The molecule has 2 aromatic rings. The number of para-hydroxylation sites is 1. The molecule has 0 radical (unpaired) electrons. The topological polar surface area (TPSA) is 66.4 Å². The predicted molar refractivity (Wildman–Crippen MR) is 74.7 cm³/mol. The molecule has 0 aliphatic heterocycles. The number of rotatable bonds is 4. The van der Waals surface area contributed by atoms with Crippen molar-refractivity contribution < 1.29 is 13.5 Å². The Labute approximate surface area is 112 Å². The van der Waals surface area contributed by atoms with Crippen LogP contribution in [-0.4, -0.2) is 13.5 Å². The van der Waals surface area contributed by atoms with Gasteiger partial charge in [0.25, 0.3) is 10.0 Å². The molecule has 2 aromatic carbocycles. The number of hydrogen-bond donors (Lipinski definition) is 2. The van der Waals surface area contributed by atoms with E-state index in [2.05, 4.69) is 4.72 Å². The van der Waals surface area contributed by atoms with Crippen LogP contribution in [-0.2, 0) is 16.4 Å². The zero-order chi connectivity index (χ0) is 13.9. The van der Waals surface area contributed by atoms with E-state index in [9.17, 15) is 13.5 Å². The van der Waals surface area contributed by atoms with E-state index in [1.165, 1.54) is 24.3 Å². The molecule has 5 heteroatoms. The van der Waals surface area contributed by atoms with Gasteiger partial charge in [0, 0.05) is 0 Å². The van der Waals surface area contributed by atoms with Crippen LogP contribution in [0, 0.1) is 0 Å². The molecule has 0 aliphatic carbocycles. The smallest absolute Gasteiger partial charge is 0.261 e. The van der Waals surface area contributed by atoms with E-state index in [-0.39, 0.29) is 10.6 Å². The molecule has 0 saturated carbocycles. The summed E-state index contributed by atoms with van der Waals surface area (Å²) in [6.45, 7) is 1.97. The van der Waals surface area contributed by atoms with Gasteiger partial charge in [0.15, 0.2) is 0 Å². The summed E-state index contributed by atoms with van der Waals surface area (Å²) in [4.78, 5) is 0.121. The van der Waals surface area contributed by atoms with Crippen molar-refractivity contribution in [2.24, 2.45) is 0 Å². The number of anilines is 1. The van der Waals surface area contributed by atoms with Crippen molar-refractivity contribution in [1.82, 2.24) is 0 Å². The molecule has 4 nitrogen and oxygen atoms in total. The van der Waals surface area contributed by atoms with Crippen LogP contribution in [0.4, 0.5) is 5.69 Å². The first-order valence-electron chi connectivity index (χ1n) is 5.92. The molecule has 0 amide bonds. The standard InChI is InChI=1S/C14H15NO3S/c1-2-11-5-3-4-6-14(11)15-19(17,18)13-9-7-12(16)8-10-13/h3-10,15-16H,2H2,1H3. The Balaban J connectivity index is 2.34. The van der Waals surface area contributed by atoms with Crippen LogP contribution in [0.25, 0.3) is 0 Å². The van der Waals surface area contributed by atoms with Crippen molar-refractivity contribution in [3.63, 3.8) is 0 Å². The second-order valence-corrected chi connectivity index (χ2v) is 5.79. The number of benzene rings is 2. The summed E-state index contributed by atoms with van der Waals surface area (Å²) in [5, 5.41) is 9.18. The molecule has 0 aromatic heterocycles. The number of aryl methyl sites for hydroxylation is 1. The first-order chi connectivity index (χ1) is 9.03. The minimum atomic E-state index is -3.62. The zero-order valence-electron chi connectivity index (χ0n) is 10.5. The molecule has 0 unspecified atom stereocenters. The molecule has 0 heterocycles. The molecule has 0 spiro atoms. The minimum absolute atomic E-state index is 0.0351. The maximum absolute atomic E-state index is 12.2. The molecule has 100 valence electrons. The lowest BCUT2D eigenvalue weighted by Gasteiger charge is -2.11. The second kappa shape index (κ2) is 5.32. The van der Waals surface area contributed by atoms with Crippen LogP contribution in [0.15, 0.2) is 53.4 Å². The molecular weight excluding hydrogens is 262 g/mol. The molecule has 0 bridgehead atoms. The maximum atomic E-state index is 12.2. The number of sulfonamides is 1. The number of phenolic OH excluding ortho intramolecular Hbond substituents is 1. The van der Waals surface area contributed by atoms with Gasteiger partial charge in [-0.25, -0.2) is 8.42 Å². The lowest BCUT2D eigenvalue weighted by Crippen LogP contribution is -2.13. The largest absolute Gasteiger partial charge is 0.508 e. The Morgan fingerprint density at radius 2 is 1.68 bits per heavy atom. The fraction of sp³-hybridized carbons (Fsp3) is 0.143.